The maximum Gasteiger partial charge on any atom is 0.263 e. The van der Waals surface area contributed by atoms with Crippen molar-refractivity contribution >= 4 is 49.1 Å². The molecule has 2 aliphatic heterocycles. The number of hydrogen-bond donors (Lipinski definition) is 0. The Morgan fingerprint density at radius 3 is 2.35 bits per heavy atom. The summed E-state index contributed by atoms with van der Waals surface area (Å²) in [6.45, 7) is 8.67. The number of aromatic nitrogens is 4. The number of benzene rings is 1. The average Bonchev–Trinajstić information content (AvgIpc) is 3.37. The number of carbonyl (C=O) groups excluding carboxylic acids is 1. The van der Waals surface area contributed by atoms with Gasteiger partial charge in [0.1, 0.15) is 16.3 Å². The van der Waals surface area contributed by atoms with Gasteiger partial charge < -0.3 is 14.7 Å². The van der Waals surface area contributed by atoms with Gasteiger partial charge in [0.15, 0.2) is 0 Å². The smallest absolute Gasteiger partial charge is 0.263 e. The quantitative estimate of drug-likeness (QED) is 0.318. The maximum absolute atomic E-state index is 13.9. The molecule has 0 unspecified atom stereocenters. The highest BCUT2D eigenvalue weighted by molar-refractivity contribution is 7.89. The zero-order chi connectivity index (χ0) is 30.3. The van der Waals surface area contributed by atoms with Crippen LogP contribution in [0.2, 0.25) is 0 Å². The molecule has 1 atom stereocenters. The number of fused-ring (bicyclic) bond motifs is 1. The van der Waals surface area contributed by atoms with Crippen LogP contribution in [0.5, 0.6) is 0 Å². The van der Waals surface area contributed by atoms with E-state index < -0.39 is 15.6 Å². The van der Waals surface area contributed by atoms with E-state index in [1.54, 1.807) is 30.3 Å². The lowest BCUT2D eigenvalue weighted by Crippen LogP contribution is -2.54. The van der Waals surface area contributed by atoms with E-state index in [2.05, 4.69) is 58.0 Å². The van der Waals surface area contributed by atoms with Gasteiger partial charge in [-0.1, -0.05) is 17.7 Å². The first-order valence-electron chi connectivity index (χ1n) is 14.2. The van der Waals surface area contributed by atoms with Crippen molar-refractivity contribution in [2.24, 2.45) is 0 Å². The molecule has 0 spiro atoms. The van der Waals surface area contributed by atoms with Crippen molar-refractivity contribution in [1.82, 2.24) is 28.7 Å². The van der Waals surface area contributed by atoms with Gasteiger partial charge in [-0.2, -0.15) is 4.31 Å². The molecular weight excluding hydrogens is 589 g/mol. The van der Waals surface area contributed by atoms with E-state index in [0.29, 0.717) is 48.4 Å². The molecule has 1 aromatic carbocycles. The van der Waals surface area contributed by atoms with Crippen molar-refractivity contribution < 1.29 is 13.2 Å². The number of hydrogen-bond acceptors (Lipinski definition) is 10. The number of rotatable bonds is 6. The number of carbonyl (C=O) groups is 1. The summed E-state index contributed by atoms with van der Waals surface area (Å²) in [7, 11) is -3.99. The van der Waals surface area contributed by atoms with Crippen LogP contribution in [-0.2, 0) is 21.4 Å². The maximum atomic E-state index is 13.9. The molecule has 12 nitrogen and oxygen atoms in total. The first kappa shape index (κ1) is 29.2. The van der Waals surface area contributed by atoms with Gasteiger partial charge in [0.2, 0.25) is 21.9 Å². The molecule has 6 rings (SSSR count). The summed E-state index contributed by atoms with van der Waals surface area (Å²) in [5.74, 6) is 0.355. The molecule has 226 valence electrons. The molecule has 0 radical (unpaired) electrons. The fourth-order valence-electron chi connectivity index (χ4n) is 5.80. The van der Waals surface area contributed by atoms with Gasteiger partial charge in [0, 0.05) is 74.8 Å². The third-order valence-electron chi connectivity index (χ3n) is 8.12. The van der Waals surface area contributed by atoms with Gasteiger partial charge in [-0.3, -0.25) is 14.2 Å². The molecule has 2 fully saturated rings. The number of thiophene rings is 1. The van der Waals surface area contributed by atoms with Gasteiger partial charge in [-0.15, -0.1) is 11.3 Å². The lowest BCUT2D eigenvalue weighted by Gasteiger charge is -2.41. The van der Waals surface area contributed by atoms with Crippen molar-refractivity contribution in [3.63, 3.8) is 0 Å². The molecule has 3 aromatic heterocycles. The van der Waals surface area contributed by atoms with E-state index >= 15 is 0 Å². The minimum absolute atomic E-state index is 0.0171. The standard InChI is InChI=1S/C29H34N8O4S2/c1-20-5-7-23(8-6-20)37-16-13-34(17-21(37)2)24(38)18-35-19-32-27-25(28(35)39)26(22(3)42-27)43(40,41)36-14-11-33(12-15-36)29-30-9-4-10-31-29/h4-10,19,21H,11-18H2,1-3H3/t21-/m1/s1. The monoisotopic (exact) mass is 622 g/mol. The molecule has 0 bridgehead atoms. The van der Waals surface area contributed by atoms with Gasteiger partial charge in [0.05, 0.1) is 11.7 Å². The van der Waals surface area contributed by atoms with E-state index in [1.165, 1.54) is 32.1 Å². The number of piperazine rings is 2. The fourth-order valence-corrected chi connectivity index (χ4v) is 8.89. The Morgan fingerprint density at radius 1 is 0.977 bits per heavy atom. The molecule has 0 aliphatic carbocycles. The highest BCUT2D eigenvalue weighted by Crippen LogP contribution is 2.33. The number of sulfonamides is 1. The summed E-state index contributed by atoms with van der Waals surface area (Å²) in [4.78, 5) is 46.8. The van der Waals surface area contributed by atoms with Crippen LogP contribution in [0.3, 0.4) is 0 Å². The van der Waals surface area contributed by atoms with E-state index in [1.807, 2.05) is 4.90 Å². The minimum atomic E-state index is -3.99. The van der Waals surface area contributed by atoms with Crippen molar-refractivity contribution in [1.29, 1.82) is 0 Å². The van der Waals surface area contributed by atoms with E-state index in [4.69, 9.17) is 0 Å². The molecule has 0 saturated carbocycles. The molecule has 2 saturated heterocycles. The number of amides is 1. The van der Waals surface area contributed by atoms with Crippen LogP contribution in [0.15, 0.2) is 58.7 Å². The Balaban J connectivity index is 1.19. The normalized spacial score (nSPS) is 18.4. The van der Waals surface area contributed by atoms with Gasteiger partial charge in [-0.25, -0.2) is 23.4 Å². The molecule has 2 aliphatic rings. The van der Waals surface area contributed by atoms with Gasteiger partial charge in [0.25, 0.3) is 5.56 Å². The third kappa shape index (κ3) is 5.61. The summed E-state index contributed by atoms with van der Waals surface area (Å²) in [6, 6.07) is 10.2. The van der Waals surface area contributed by atoms with Crippen LogP contribution in [0.1, 0.15) is 17.4 Å². The van der Waals surface area contributed by atoms with Crippen LogP contribution in [0.25, 0.3) is 10.2 Å². The zero-order valence-electron chi connectivity index (χ0n) is 24.4. The van der Waals surface area contributed by atoms with Crippen LogP contribution < -0.4 is 15.4 Å². The second kappa shape index (κ2) is 11.7. The van der Waals surface area contributed by atoms with Crippen molar-refractivity contribution in [2.75, 3.05) is 55.6 Å². The van der Waals surface area contributed by atoms with E-state index in [9.17, 15) is 18.0 Å². The highest BCUT2D eigenvalue weighted by atomic mass is 32.2. The number of aryl methyl sites for hydroxylation is 2. The predicted octanol–water partition coefficient (Wildman–Crippen LogP) is 2.11. The summed E-state index contributed by atoms with van der Waals surface area (Å²) in [5.41, 5.74) is 1.79. The SMILES string of the molecule is Cc1ccc(N2CCN(C(=O)Cn3cnc4sc(C)c(S(=O)(=O)N5CCN(c6ncccn6)CC5)c4c3=O)C[C@H]2C)cc1. The van der Waals surface area contributed by atoms with Gasteiger partial charge >= 0.3 is 0 Å². The Morgan fingerprint density at radius 2 is 1.67 bits per heavy atom. The lowest BCUT2D eigenvalue weighted by molar-refractivity contribution is -0.132. The second-order valence-corrected chi connectivity index (χ2v) is 14.1. The average molecular weight is 623 g/mol. The molecule has 43 heavy (non-hydrogen) atoms. The van der Waals surface area contributed by atoms with Crippen molar-refractivity contribution in [3.05, 3.63) is 69.8 Å². The molecule has 4 aromatic rings. The van der Waals surface area contributed by atoms with E-state index in [0.717, 1.165) is 5.69 Å². The fraction of sp³-hybridized carbons (Fsp3) is 0.414. The Labute approximate surface area is 254 Å². The topological polar surface area (TPSA) is 125 Å². The molecule has 5 heterocycles. The van der Waals surface area contributed by atoms with E-state index in [-0.39, 0.29) is 41.9 Å². The highest BCUT2D eigenvalue weighted by Gasteiger charge is 2.35. The molecule has 0 N–H and O–H groups in total. The zero-order valence-corrected chi connectivity index (χ0v) is 26.0. The van der Waals surface area contributed by atoms with Crippen molar-refractivity contribution in [3.8, 4) is 0 Å². The summed E-state index contributed by atoms with van der Waals surface area (Å²) in [5, 5.41) is 0.0455. The molecular formula is C29H34N8O4S2. The minimum Gasteiger partial charge on any atom is -0.365 e. The second-order valence-electron chi connectivity index (χ2n) is 11.0. The predicted molar refractivity (Wildman–Crippen MR) is 166 cm³/mol. The van der Waals surface area contributed by atoms with Crippen molar-refractivity contribution in [2.45, 2.75) is 38.3 Å². The van der Waals surface area contributed by atoms with Crippen LogP contribution in [-0.4, -0.2) is 94.9 Å². The third-order valence-corrected chi connectivity index (χ3v) is 11.3. The number of anilines is 2. The number of nitrogens with zero attached hydrogens (tertiary/aromatic N) is 8. The lowest BCUT2D eigenvalue weighted by atomic mass is 10.1. The Hall–Kier alpha value is -3.88. The molecule has 14 heteroatoms. The molecule has 1 amide bonds. The first-order chi connectivity index (χ1) is 20.6. The van der Waals surface area contributed by atoms with Gasteiger partial charge in [-0.05, 0) is 39.0 Å². The van der Waals surface area contributed by atoms with Crippen LogP contribution >= 0.6 is 11.3 Å². The largest absolute Gasteiger partial charge is 0.365 e. The summed E-state index contributed by atoms with van der Waals surface area (Å²) in [6.07, 6.45) is 4.65. The summed E-state index contributed by atoms with van der Waals surface area (Å²) >= 11 is 1.17. The first-order valence-corrected chi connectivity index (χ1v) is 16.5. The summed E-state index contributed by atoms with van der Waals surface area (Å²) < 4.78 is 30.4. The Bertz CT molecular complexity index is 1800. The van der Waals surface area contributed by atoms with Crippen LogP contribution in [0, 0.1) is 13.8 Å². The Kier molecular flexibility index (Phi) is 7.92. The van der Waals surface area contributed by atoms with Crippen LogP contribution in [0.4, 0.5) is 11.6 Å².